The summed E-state index contributed by atoms with van der Waals surface area (Å²) in [6, 6.07) is 0. The first-order chi connectivity index (χ1) is 2.27. The van der Waals surface area contributed by atoms with E-state index >= 15 is 0 Å². The summed E-state index contributed by atoms with van der Waals surface area (Å²) < 4.78 is 0. The van der Waals surface area contributed by atoms with E-state index in [1.807, 2.05) is 0 Å². The normalized spacial score (nSPS) is 8.00. The quantitative estimate of drug-likeness (QED) is 0.547. The van der Waals surface area contributed by atoms with Crippen molar-refractivity contribution in [3.63, 3.8) is 0 Å². The van der Waals surface area contributed by atoms with Gasteiger partial charge < -0.3 is 4.90 Å². The van der Waals surface area contributed by atoms with E-state index < -0.39 is 0 Å². The molecule has 0 atom stereocenters. The summed E-state index contributed by atoms with van der Waals surface area (Å²) >= 11 is 0. The van der Waals surface area contributed by atoms with Gasteiger partial charge in [0.05, 0.1) is 0 Å². The van der Waals surface area contributed by atoms with E-state index in [2.05, 4.69) is 25.9 Å². The average Bonchev–Trinajstić information content (AvgIpc) is 1.38. The van der Waals surface area contributed by atoms with Gasteiger partial charge in [-0.15, -0.1) is 0 Å². The van der Waals surface area contributed by atoms with Gasteiger partial charge in [0.2, 0.25) is 0 Å². The van der Waals surface area contributed by atoms with E-state index in [0.29, 0.717) is 0 Å². The Morgan fingerprint density at radius 1 is 1.33 bits per heavy atom. The van der Waals surface area contributed by atoms with E-state index in [9.17, 15) is 0 Å². The first-order valence-electron chi connectivity index (χ1n) is 1.92. The number of nitrogens with zero attached hydrogens (tertiary/aromatic N) is 1. The molecule has 0 aliphatic carbocycles. The molecule has 0 aromatic rings. The first-order valence-corrected chi connectivity index (χ1v) is 1.92. The molecule has 0 unspecified atom stereocenters. The summed E-state index contributed by atoms with van der Waals surface area (Å²) in [7, 11) is 4.11. The molecule has 0 saturated carbocycles. The van der Waals surface area contributed by atoms with Crippen molar-refractivity contribution in [3.05, 3.63) is 0 Å². The molecule has 1 nitrogen and oxygen atoms in total. The van der Waals surface area contributed by atoms with Crippen LogP contribution >= 0.6 is 0 Å². The molecule has 0 aliphatic rings. The van der Waals surface area contributed by atoms with E-state index in [1.165, 1.54) is 0 Å². The summed E-state index contributed by atoms with van der Waals surface area (Å²) in [5.41, 5.74) is 0. The molecule has 0 amide bonds. The predicted molar refractivity (Wildman–Crippen MR) is 24.2 cm³/mol. The van der Waals surface area contributed by atoms with Crippen LogP contribution in [0.4, 0.5) is 0 Å². The van der Waals surface area contributed by atoms with Gasteiger partial charge in [-0.25, -0.2) is 0 Å². The van der Waals surface area contributed by atoms with Crippen LogP contribution in [0.15, 0.2) is 0 Å². The standard InChI is InChI=1S/C4H11N.Zr/c1-4-5(2)3;/h4H2,1-3H3;. The Labute approximate surface area is 58.8 Å². The SMILES string of the molecule is CCN(C)C.[Zr]. The van der Waals surface area contributed by atoms with Crippen LogP contribution in [0, 0.1) is 0 Å². The Morgan fingerprint density at radius 2 is 1.50 bits per heavy atom. The molecule has 0 rings (SSSR count). The van der Waals surface area contributed by atoms with Crippen molar-refractivity contribution in [2.45, 2.75) is 6.92 Å². The van der Waals surface area contributed by atoms with Crippen molar-refractivity contribution in [2.75, 3.05) is 20.6 Å². The summed E-state index contributed by atoms with van der Waals surface area (Å²) in [5, 5.41) is 0. The molecule has 0 radical (unpaired) electrons. The monoisotopic (exact) mass is 163 g/mol. The minimum atomic E-state index is 0. The molecule has 0 spiro atoms. The Balaban J connectivity index is 0. The molecule has 0 aromatic carbocycles. The molecular weight excluding hydrogens is 153 g/mol. The number of hydrogen-bond donors (Lipinski definition) is 0. The van der Waals surface area contributed by atoms with Crippen LogP contribution in [0.1, 0.15) is 6.92 Å². The van der Waals surface area contributed by atoms with Crippen molar-refractivity contribution in [3.8, 4) is 0 Å². The second-order valence-electron chi connectivity index (χ2n) is 1.40. The van der Waals surface area contributed by atoms with E-state index in [0.717, 1.165) is 6.54 Å². The van der Waals surface area contributed by atoms with Gasteiger partial charge in [0.1, 0.15) is 0 Å². The van der Waals surface area contributed by atoms with Gasteiger partial charge in [0, 0.05) is 26.2 Å². The van der Waals surface area contributed by atoms with Gasteiger partial charge in [-0.3, -0.25) is 0 Å². The average molecular weight is 164 g/mol. The van der Waals surface area contributed by atoms with Crippen molar-refractivity contribution < 1.29 is 26.2 Å². The van der Waals surface area contributed by atoms with E-state index in [-0.39, 0.29) is 26.2 Å². The summed E-state index contributed by atoms with van der Waals surface area (Å²) in [5.74, 6) is 0. The zero-order valence-corrected chi connectivity index (χ0v) is 7.11. The van der Waals surface area contributed by atoms with Gasteiger partial charge in [-0.1, -0.05) is 6.92 Å². The van der Waals surface area contributed by atoms with Crippen LogP contribution in [0.5, 0.6) is 0 Å². The fraction of sp³-hybridized carbons (Fsp3) is 1.00. The maximum atomic E-state index is 2.12. The molecule has 0 saturated heterocycles. The van der Waals surface area contributed by atoms with Crippen molar-refractivity contribution in [2.24, 2.45) is 0 Å². The third kappa shape index (κ3) is 8.85. The van der Waals surface area contributed by atoms with Gasteiger partial charge in [0.15, 0.2) is 0 Å². The molecule has 0 heterocycles. The van der Waals surface area contributed by atoms with Gasteiger partial charge >= 0.3 is 0 Å². The molecule has 0 aromatic heterocycles. The van der Waals surface area contributed by atoms with Crippen molar-refractivity contribution in [1.82, 2.24) is 4.90 Å². The van der Waals surface area contributed by atoms with Gasteiger partial charge in [-0.05, 0) is 20.6 Å². The Hall–Kier alpha value is 0.843. The number of hydrogen-bond acceptors (Lipinski definition) is 1. The van der Waals surface area contributed by atoms with Crippen LogP contribution in [-0.2, 0) is 26.2 Å². The third-order valence-corrected chi connectivity index (χ3v) is 0.632. The van der Waals surface area contributed by atoms with E-state index in [1.54, 1.807) is 0 Å². The molecular formula is C4H11NZr. The summed E-state index contributed by atoms with van der Waals surface area (Å²) in [6.45, 7) is 3.26. The zero-order valence-electron chi connectivity index (χ0n) is 4.65. The van der Waals surface area contributed by atoms with Gasteiger partial charge in [0.25, 0.3) is 0 Å². The zero-order chi connectivity index (χ0) is 4.28. The minimum absolute atomic E-state index is 0. The van der Waals surface area contributed by atoms with Crippen LogP contribution in [-0.4, -0.2) is 25.5 Å². The maximum absolute atomic E-state index is 2.12. The second-order valence-corrected chi connectivity index (χ2v) is 1.40. The third-order valence-electron chi connectivity index (χ3n) is 0.632. The largest absolute Gasteiger partial charge is 0.310 e. The van der Waals surface area contributed by atoms with Crippen molar-refractivity contribution in [1.29, 1.82) is 0 Å². The van der Waals surface area contributed by atoms with Crippen LogP contribution in [0.25, 0.3) is 0 Å². The summed E-state index contributed by atoms with van der Waals surface area (Å²) in [4.78, 5) is 2.12. The summed E-state index contributed by atoms with van der Waals surface area (Å²) in [6.07, 6.45) is 0. The smallest absolute Gasteiger partial charge is 0 e. The molecule has 36 valence electrons. The Bertz CT molecular complexity index is 21.5. The maximum Gasteiger partial charge on any atom is 0 e. The van der Waals surface area contributed by atoms with Crippen LogP contribution in [0.3, 0.4) is 0 Å². The first kappa shape index (κ1) is 9.96. The Kier molecular flexibility index (Phi) is 9.70. The predicted octanol–water partition coefficient (Wildman–Crippen LogP) is 0.565. The minimum Gasteiger partial charge on any atom is -0.310 e. The van der Waals surface area contributed by atoms with Crippen molar-refractivity contribution >= 4 is 0 Å². The molecule has 0 aliphatic heterocycles. The molecule has 0 bridgehead atoms. The van der Waals surface area contributed by atoms with Crippen LogP contribution in [0.2, 0.25) is 0 Å². The Morgan fingerprint density at radius 3 is 1.50 bits per heavy atom. The number of rotatable bonds is 1. The van der Waals surface area contributed by atoms with Crippen LogP contribution < -0.4 is 0 Å². The fourth-order valence-electron chi connectivity index (χ4n) is 0. The van der Waals surface area contributed by atoms with E-state index in [4.69, 9.17) is 0 Å². The molecule has 0 fully saturated rings. The fourth-order valence-corrected chi connectivity index (χ4v) is 0. The molecule has 0 N–H and O–H groups in total. The second kappa shape index (κ2) is 5.84. The molecule has 2 heteroatoms. The molecule has 6 heavy (non-hydrogen) atoms. The van der Waals surface area contributed by atoms with Gasteiger partial charge in [-0.2, -0.15) is 0 Å². The topological polar surface area (TPSA) is 3.24 Å².